The third-order valence-electron chi connectivity index (χ3n) is 2.18. The zero-order valence-electron chi connectivity index (χ0n) is 9.07. The van der Waals surface area contributed by atoms with Crippen LogP contribution in [0.15, 0.2) is 17.0 Å². The van der Waals surface area contributed by atoms with Crippen LogP contribution in [-0.2, 0) is 9.84 Å². The monoisotopic (exact) mass is 296 g/mol. The van der Waals surface area contributed by atoms with Gasteiger partial charge in [-0.3, -0.25) is 0 Å². The summed E-state index contributed by atoms with van der Waals surface area (Å²) in [4.78, 5) is 10.6. The fourth-order valence-electron chi connectivity index (χ4n) is 1.16. The summed E-state index contributed by atoms with van der Waals surface area (Å²) >= 11 is 11.4. The van der Waals surface area contributed by atoms with Gasteiger partial charge in [0.1, 0.15) is 0 Å². The molecule has 0 fully saturated rings. The molecule has 0 spiro atoms. The molecular formula is C10H10Cl2O4S. The van der Waals surface area contributed by atoms with Gasteiger partial charge in [0.25, 0.3) is 0 Å². The third kappa shape index (κ3) is 2.73. The van der Waals surface area contributed by atoms with Crippen molar-refractivity contribution in [3.63, 3.8) is 0 Å². The van der Waals surface area contributed by atoms with Crippen molar-refractivity contribution < 1.29 is 18.3 Å². The van der Waals surface area contributed by atoms with E-state index in [0.29, 0.717) is 0 Å². The Kier molecular flexibility index (Phi) is 4.06. The molecule has 1 N–H and O–H groups in total. The first kappa shape index (κ1) is 14.3. The van der Waals surface area contributed by atoms with Crippen molar-refractivity contribution >= 4 is 39.0 Å². The van der Waals surface area contributed by atoms with Crippen LogP contribution in [0.3, 0.4) is 0 Å². The fraction of sp³-hybridized carbons (Fsp3) is 0.300. The zero-order valence-corrected chi connectivity index (χ0v) is 11.4. The number of carboxylic acid groups (broad SMARTS) is 1. The molecule has 0 aliphatic heterocycles. The second-order valence-electron chi connectivity index (χ2n) is 3.66. The minimum absolute atomic E-state index is 0.0753. The van der Waals surface area contributed by atoms with E-state index in [1.807, 2.05) is 0 Å². The number of carboxylic acids is 1. The summed E-state index contributed by atoms with van der Waals surface area (Å²) in [5, 5.41) is 8.00. The van der Waals surface area contributed by atoms with Gasteiger partial charge in [0, 0.05) is 0 Å². The molecule has 1 aromatic rings. The summed E-state index contributed by atoms with van der Waals surface area (Å²) in [7, 11) is -3.63. The Morgan fingerprint density at radius 2 is 1.76 bits per heavy atom. The Hall–Kier alpha value is -0.780. The maximum atomic E-state index is 11.9. The van der Waals surface area contributed by atoms with E-state index in [9.17, 15) is 13.2 Å². The molecule has 0 unspecified atom stereocenters. The Morgan fingerprint density at radius 3 is 2.18 bits per heavy atom. The van der Waals surface area contributed by atoms with Gasteiger partial charge in [0.15, 0.2) is 9.84 Å². The lowest BCUT2D eigenvalue weighted by atomic mass is 10.2. The molecule has 0 aliphatic carbocycles. The summed E-state index contributed by atoms with van der Waals surface area (Å²) in [6.07, 6.45) is 0. The van der Waals surface area contributed by atoms with Crippen molar-refractivity contribution in [3.05, 3.63) is 27.7 Å². The molecule has 1 aromatic carbocycles. The second-order valence-corrected chi connectivity index (χ2v) is 6.95. The van der Waals surface area contributed by atoms with Crippen LogP contribution in [0.1, 0.15) is 24.2 Å². The SMILES string of the molecule is CC(C)S(=O)(=O)c1cc(C(=O)O)c(Cl)cc1Cl. The van der Waals surface area contributed by atoms with Crippen molar-refractivity contribution in [1.82, 2.24) is 0 Å². The van der Waals surface area contributed by atoms with E-state index in [1.54, 1.807) is 0 Å². The minimum Gasteiger partial charge on any atom is -0.478 e. The van der Waals surface area contributed by atoms with Gasteiger partial charge in [0.2, 0.25) is 0 Å². The van der Waals surface area contributed by atoms with E-state index in [2.05, 4.69) is 0 Å². The summed E-state index contributed by atoms with van der Waals surface area (Å²) in [6, 6.07) is 2.12. The number of halogens is 2. The highest BCUT2D eigenvalue weighted by Gasteiger charge is 2.25. The first-order valence-corrected chi connectivity index (χ1v) is 6.94. The van der Waals surface area contributed by atoms with Gasteiger partial charge in [-0.1, -0.05) is 23.2 Å². The van der Waals surface area contributed by atoms with Crippen LogP contribution in [0, 0.1) is 0 Å². The maximum absolute atomic E-state index is 11.9. The lowest BCUT2D eigenvalue weighted by molar-refractivity contribution is 0.0697. The maximum Gasteiger partial charge on any atom is 0.337 e. The average Bonchev–Trinajstić information content (AvgIpc) is 2.15. The summed E-state index contributed by atoms with van der Waals surface area (Å²) in [5.74, 6) is -1.30. The molecule has 0 amide bonds. The molecule has 7 heteroatoms. The standard InChI is InChI=1S/C10H10Cl2O4S/c1-5(2)17(15,16)9-3-6(10(13)14)7(11)4-8(9)12/h3-5H,1-2H3,(H,13,14). The van der Waals surface area contributed by atoms with Gasteiger partial charge in [-0.05, 0) is 26.0 Å². The highest BCUT2D eigenvalue weighted by molar-refractivity contribution is 7.92. The van der Waals surface area contributed by atoms with Crippen LogP contribution >= 0.6 is 23.2 Å². The fourth-order valence-corrected chi connectivity index (χ4v) is 3.07. The number of hydrogen-bond donors (Lipinski definition) is 1. The van der Waals surface area contributed by atoms with Crippen LogP contribution < -0.4 is 0 Å². The first-order chi connectivity index (χ1) is 7.67. The van der Waals surface area contributed by atoms with Crippen LogP contribution in [0.2, 0.25) is 10.0 Å². The number of aromatic carboxylic acids is 1. The van der Waals surface area contributed by atoms with Gasteiger partial charge in [-0.2, -0.15) is 0 Å². The summed E-state index contributed by atoms with van der Waals surface area (Å²) < 4.78 is 23.8. The van der Waals surface area contributed by atoms with Crippen molar-refractivity contribution in [2.24, 2.45) is 0 Å². The van der Waals surface area contributed by atoms with Gasteiger partial charge in [0.05, 0.1) is 25.8 Å². The lowest BCUT2D eigenvalue weighted by Gasteiger charge is -2.11. The van der Waals surface area contributed by atoms with Gasteiger partial charge in [-0.15, -0.1) is 0 Å². The number of benzene rings is 1. The van der Waals surface area contributed by atoms with E-state index in [-0.39, 0.29) is 20.5 Å². The van der Waals surface area contributed by atoms with Crippen molar-refractivity contribution in [2.45, 2.75) is 24.0 Å². The predicted molar refractivity (Wildman–Crippen MR) is 65.7 cm³/mol. The highest BCUT2D eigenvalue weighted by Crippen LogP contribution is 2.30. The van der Waals surface area contributed by atoms with Crippen molar-refractivity contribution in [2.75, 3.05) is 0 Å². The summed E-state index contributed by atoms with van der Waals surface area (Å²) in [6.45, 7) is 2.97. The molecule has 0 aromatic heterocycles. The molecule has 0 heterocycles. The topological polar surface area (TPSA) is 71.4 Å². The lowest BCUT2D eigenvalue weighted by Crippen LogP contribution is -2.15. The molecule has 0 saturated heterocycles. The van der Waals surface area contributed by atoms with E-state index >= 15 is 0 Å². The van der Waals surface area contributed by atoms with E-state index in [0.717, 1.165) is 12.1 Å². The quantitative estimate of drug-likeness (QED) is 0.931. The summed E-state index contributed by atoms with van der Waals surface area (Å²) in [5.41, 5.74) is -0.282. The predicted octanol–water partition coefficient (Wildman–Crippen LogP) is 2.87. The smallest absolute Gasteiger partial charge is 0.337 e. The molecule has 17 heavy (non-hydrogen) atoms. The van der Waals surface area contributed by atoms with E-state index < -0.39 is 21.1 Å². The molecule has 0 aliphatic rings. The number of rotatable bonds is 3. The molecule has 0 atom stereocenters. The second kappa shape index (κ2) is 4.84. The van der Waals surface area contributed by atoms with Crippen LogP contribution in [0.25, 0.3) is 0 Å². The number of sulfone groups is 1. The Balaban J connectivity index is 3.57. The van der Waals surface area contributed by atoms with Crippen molar-refractivity contribution in [1.29, 1.82) is 0 Å². The van der Waals surface area contributed by atoms with Gasteiger partial charge >= 0.3 is 5.97 Å². The van der Waals surface area contributed by atoms with E-state index in [1.165, 1.54) is 13.8 Å². The average molecular weight is 297 g/mol. The first-order valence-electron chi connectivity index (χ1n) is 4.64. The van der Waals surface area contributed by atoms with Crippen molar-refractivity contribution in [3.8, 4) is 0 Å². The molecule has 0 saturated carbocycles. The molecule has 0 bridgehead atoms. The van der Waals surface area contributed by atoms with E-state index in [4.69, 9.17) is 28.3 Å². The normalized spacial score (nSPS) is 11.8. The van der Waals surface area contributed by atoms with Crippen LogP contribution in [0.4, 0.5) is 0 Å². The Labute approximate surface area is 109 Å². The van der Waals surface area contributed by atoms with Gasteiger partial charge in [-0.25, -0.2) is 13.2 Å². The molecule has 4 nitrogen and oxygen atoms in total. The highest BCUT2D eigenvalue weighted by atomic mass is 35.5. The Bertz CT molecular complexity index is 564. The van der Waals surface area contributed by atoms with Crippen LogP contribution in [0.5, 0.6) is 0 Å². The van der Waals surface area contributed by atoms with Gasteiger partial charge < -0.3 is 5.11 Å². The number of hydrogen-bond acceptors (Lipinski definition) is 3. The Morgan fingerprint density at radius 1 is 1.24 bits per heavy atom. The number of carbonyl (C=O) groups is 1. The molecule has 1 rings (SSSR count). The molecule has 94 valence electrons. The van der Waals surface area contributed by atoms with Crippen LogP contribution in [-0.4, -0.2) is 24.7 Å². The molecular weight excluding hydrogens is 287 g/mol. The third-order valence-corrected chi connectivity index (χ3v) is 5.11. The minimum atomic E-state index is -3.63. The zero-order chi connectivity index (χ0) is 13.4. The largest absolute Gasteiger partial charge is 0.478 e. The molecule has 0 radical (unpaired) electrons.